The van der Waals surface area contributed by atoms with E-state index in [4.69, 9.17) is 5.73 Å². The van der Waals surface area contributed by atoms with Crippen molar-refractivity contribution in [3.8, 4) is 0 Å². The van der Waals surface area contributed by atoms with E-state index in [0.717, 1.165) is 0 Å². The molecular weight excluding hydrogens is 140 g/mol. The van der Waals surface area contributed by atoms with Gasteiger partial charge in [0.2, 0.25) is 0 Å². The molecule has 0 bridgehead atoms. The van der Waals surface area contributed by atoms with Gasteiger partial charge in [0.1, 0.15) is 5.69 Å². The van der Waals surface area contributed by atoms with Crippen LogP contribution in [0.2, 0.25) is 0 Å². The molecule has 0 aromatic carbocycles. The first kappa shape index (κ1) is 7.14. The SMILES string of the molecule is NCc1cn[nH]c1C(F)F. The molecule has 0 aliphatic rings. The second-order valence-electron chi connectivity index (χ2n) is 1.81. The van der Waals surface area contributed by atoms with Crippen LogP contribution < -0.4 is 5.73 Å². The predicted octanol–water partition coefficient (Wildman–Crippen LogP) is 0.806. The van der Waals surface area contributed by atoms with Crippen LogP contribution in [0.15, 0.2) is 6.20 Å². The molecule has 1 rings (SSSR count). The zero-order valence-corrected chi connectivity index (χ0v) is 5.14. The molecule has 0 saturated carbocycles. The van der Waals surface area contributed by atoms with Crippen molar-refractivity contribution >= 4 is 0 Å². The summed E-state index contributed by atoms with van der Waals surface area (Å²) in [6.07, 6.45) is -1.21. The molecule has 0 spiro atoms. The molecule has 1 heterocycles. The molecule has 10 heavy (non-hydrogen) atoms. The van der Waals surface area contributed by atoms with E-state index in [9.17, 15) is 8.78 Å². The maximum absolute atomic E-state index is 11.9. The number of H-pyrrole nitrogens is 1. The fourth-order valence-corrected chi connectivity index (χ4v) is 0.673. The van der Waals surface area contributed by atoms with Crippen molar-refractivity contribution in [1.82, 2.24) is 10.2 Å². The highest BCUT2D eigenvalue weighted by Crippen LogP contribution is 2.18. The van der Waals surface area contributed by atoms with Gasteiger partial charge in [-0.3, -0.25) is 5.10 Å². The first-order valence-electron chi connectivity index (χ1n) is 2.76. The van der Waals surface area contributed by atoms with Gasteiger partial charge in [0.25, 0.3) is 6.43 Å². The monoisotopic (exact) mass is 147 g/mol. The van der Waals surface area contributed by atoms with Gasteiger partial charge in [-0.2, -0.15) is 5.10 Å². The number of aromatic amines is 1. The Morgan fingerprint density at radius 3 is 2.80 bits per heavy atom. The van der Waals surface area contributed by atoms with E-state index in [1.54, 1.807) is 0 Å². The van der Waals surface area contributed by atoms with Crippen LogP contribution >= 0.6 is 0 Å². The predicted molar refractivity (Wildman–Crippen MR) is 31.4 cm³/mol. The summed E-state index contributed by atoms with van der Waals surface area (Å²) in [4.78, 5) is 0. The molecule has 1 aromatic heterocycles. The van der Waals surface area contributed by atoms with Gasteiger partial charge < -0.3 is 5.73 Å². The fraction of sp³-hybridized carbons (Fsp3) is 0.400. The number of halogens is 2. The lowest BCUT2D eigenvalue weighted by Crippen LogP contribution is -1.99. The van der Waals surface area contributed by atoms with Gasteiger partial charge in [0.05, 0.1) is 6.20 Å². The second-order valence-corrected chi connectivity index (χ2v) is 1.81. The molecule has 0 amide bonds. The summed E-state index contributed by atoms with van der Waals surface area (Å²) in [5, 5.41) is 5.61. The highest BCUT2D eigenvalue weighted by molar-refractivity contribution is 5.16. The number of nitrogens with one attached hydrogen (secondary N) is 1. The Morgan fingerprint density at radius 1 is 1.70 bits per heavy atom. The van der Waals surface area contributed by atoms with Crippen LogP contribution in [0.5, 0.6) is 0 Å². The zero-order valence-electron chi connectivity index (χ0n) is 5.14. The topological polar surface area (TPSA) is 54.7 Å². The number of hydrogen-bond donors (Lipinski definition) is 2. The van der Waals surface area contributed by atoms with Gasteiger partial charge in [-0.1, -0.05) is 0 Å². The zero-order chi connectivity index (χ0) is 7.56. The van der Waals surface area contributed by atoms with Crippen LogP contribution in [0, 0.1) is 0 Å². The maximum Gasteiger partial charge on any atom is 0.280 e. The molecule has 5 heteroatoms. The molecular formula is C5H7F2N3. The van der Waals surface area contributed by atoms with E-state index in [1.807, 2.05) is 0 Å². The van der Waals surface area contributed by atoms with Crippen LogP contribution in [0.25, 0.3) is 0 Å². The van der Waals surface area contributed by atoms with E-state index in [2.05, 4.69) is 10.2 Å². The highest BCUT2D eigenvalue weighted by atomic mass is 19.3. The van der Waals surface area contributed by atoms with Crippen LogP contribution in [-0.2, 0) is 6.54 Å². The van der Waals surface area contributed by atoms with Crippen LogP contribution in [0.4, 0.5) is 8.78 Å². The quantitative estimate of drug-likeness (QED) is 0.650. The minimum Gasteiger partial charge on any atom is -0.326 e. The molecule has 3 N–H and O–H groups in total. The number of rotatable bonds is 2. The smallest absolute Gasteiger partial charge is 0.280 e. The number of aromatic nitrogens is 2. The molecule has 0 aliphatic heterocycles. The molecule has 3 nitrogen and oxygen atoms in total. The van der Waals surface area contributed by atoms with E-state index in [1.165, 1.54) is 6.20 Å². The third-order valence-electron chi connectivity index (χ3n) is 1.19. The van der Waals surface area contributed by atoms with Gasteiger partial charge in [0.15, 0.2) is 0 Å². The number of alkyl halides is 2. The van der Waals surface area contributed by atoms with Gasteiger partial charge in [-0.25, -0.2) is 8.78 Å². The Morgan fingerprint density at radius 2 is 2.40 bits per heavy atom. The van der Waals surface area contributed by atoms with Crippen molar-refractivity contribution < 1.29 is 8.78 Å². The summed E-state index contributed by atoms with van der Waals surface area (Å²) in [5.74, 6) is 0. The van der Waals surface area contributed by atoms with E-state index < -0.39 is 6.43 Å². The molecule has 0 atom stereocenters. The number of nitrogens with zero attached hydrogens (tertiary/aromatic N) is 1. The first-order valence-corrected chi connectivity index (χ1v) is 2.76. The molecule has 0 fully saturated rings. The Kier molecular flexibility index (Phi) is 1.96. The van der Waals surface area contributed by atoms with Crippen LogP contribution in [0.1, 0.15) is 17.7 Å². The molecule has 0 radical (unpaired) electrons. The fourth-order valence-electron chi connectivity index (χ4n) is 0.673. The van der Waals surface area contributed by atoms with Gasteiger partial charge >= 0.3 is 0 Å². The Labute approximate surface area is 56.2 Å². The Bertz CT molecular complexity index is 208. The van der Waals surface area contributed by atoms with Crippen LogP contribution in [0.3, 0.4) is 0 Å². The van der Waals surface area contributed by atoms with E-state index >= 15 is 0 Å². The second kappa shape index (κ2) is 2.74. The summed E-state index contributed by atoms with van der Waals surface area (Å²) in [5.41, 5.74) is 5.33. The largest absolute Gasteiger partial charge is 0.326 e. The third-order valence-corrected chi connectivity index (χ3v) is 1.19. The van der Waals surface area contributed by atoms with Crippen molar-refractivity contribution in [3.63, 3.8) is 0 Å². The lowest BCUT2D eigenvalue weighted by molar-refractivity contribution is 0.145. The van der Waals surface area contributed by atoms with Gasteiger partial charge in [-0.15, -0.1) is 0 Å². The van der Waals surface area contributed by atoms with E-state index in [0.29, 0.717) is 5.56 Å². The first-order chi connectivity index (χ1) is 4.75. The summed E-state index contributed by atoms with van der Waals surface area (Å²) < 4.78 is 23.8. The highest BCUT2D eigenvalue weighted by Gasteiger charge is 2.12. The van der Waals surface area contributed by atoms with Crippen molar-refractivity contribution in [2.75, 3.05) is 0 Å². The summed E-state index contributed by atoms with van der Waals surface area (Å²) in [6.45, 7) is 0.0934. The van der Waals surface area contributed by atoms with E-state index in [-0.39, 0.29) is 12.2 Å². The average molecular weight is 147 g/mol. The minimum absolute atomic E-state index is 0.0934. The normalized spacial score (nSPS) is 10.8. The third kappa shape index (κ3) is 1.13. The Hall–Kier alpha value is -0.970. The average Bonchev–Trinajstić information content (AvgIpc) is 2.33. The minimum atomic E-state index is -2.51. The van der Waals surface area contributed by atoms with Gasteiger partial charge in [0, 0.05) is 12.1 Å². The summed E-state index contributed by atoms with van der Waals surface area (Å²) in [6, 6.07) is 0. The molecule has 1 aromatic rings. The standard InChI is InChI=1S/C5H7F2N3/c6-5(7)4-3(1-8)2-9-10-4/h2,5H,1,8H2,(H,9,10). The molecule has 0 saturated heterocycles. The van der Waals surface area contributed by atoms with Crippen molar-refractivity contribution in [2.45, 2.75) is 13.0 Å². The Balaban J connectivity index is 2.90. The lowest BCUT2D eigenvalue weighted by Gasteiger charge is -1.95. The molecule has 0 unspecified atom stereocenters. The maximum atomic E-state index is 11.9. The lowest BCUT2D eigenvalue weighted by atomic mass is 10.2. The number of nitrogens with two attached hydrogens (primary N) is 1. The summed E-state index contributed by atoms with van der Waals surface area (Å²) in [7, 11) is 0. The summed E-state index contributed by atoms with van der Waals surface area (Å²) >= 11 is 0. The van der Waals surface area contributed by atoms with Crippen molar-refractivity contribution in [1.29, 1.82) is 0 Å². The number of hydrogen-bond acceptors (Lipinski definition) is 2. The van der Waals surface area contributed by atoms with Crippen molar-refractivity contribution in [3.05, 3.63) is 17.5 Å². The van der Waals surface area contributed by atoms with Gasteiger partial charge in [-0.05, 0) is 0 Å². The van der Waals surface area contributed by atoms with Crippen molar-refractivity contribution in [2.24, 2.45) is 5.73 Å². The molecule has 56 valence electrons. The molecule has 0 aliphatic carbocycles. The van der Waals surface area contributed by atoms with Crippen LogP contribution in [-0.4, -0.2) is 10.2 Å².